The van der Waals surface area contributed by atoms with Gasteiger partial charge in [0.15, 0.2) is 25.2 Å². The number of carbonyl (C=O) groups excluding carboxylic acids is 2. The van der Waals surface area contributed by atoms with E-state index in [0.29, 0.717) is 25.7 Å². The molecule has 0 aromatic rings. The van der Waals surface area contributed by atoms with Crippen LogP contribution in [0.15, 0.2) is 0 Å². The van der Waals surface area contributed by atoms with Gasteiger partial charge in [0.1, 0.15) is 97.7 Å². The van der Waals surface area contributed by atoms with Crippen LogP contribution in [0.1, 0.15) is 38.5 Å². The van der Waals surface area contributed by atoms with Gasteiger partial charge >= 0.3 is 0 Å². The molecule has 20 atom stereocenters. The molecule has 0 unspecified atom stereocenters. The highest BCUT2D eigenvalue weighted by molar-refractivity contribution is 5.76. The number of hydrogen-bond donors (Lipinski definition) is 18. The van der Waals surface area contributed by atoms with E-state index in [2.05, 4.69) is 10.6 Å². The number of ether oxygens (including phenoxy) is 8. The first-order valence-corrected chi connectivity index (χ1v) is 21.6. The maximum Gasteiger partial charge on any atom is 0.220 e. The molecule has 4 heterocycles. The van der Waals surface area contributed by atoms with E-state index < -0.39 is 200 Å². The van der Waals surface area contributed by atoms with Crippen molar-refractivity contribution in [2.75, 3.05) is 52.9 Å². The van der Waals surface area contributed by atoms with Crippen molar-refractivity contribution in [3.8, 4) is 0 Å². The molecule has 0 aromatic heterocycles. The first-order chi connectivity index (χ1) is 31.4. The fourth-order valence-electron chi connectivity index (χ4n) is 7.45. The molecule has 4 rings (SSSR count). The lowest BCUT2D eigenvalue weighted by molar-refractivity contribution is -0.309. The van der Waals surface area contributed by atoms with Crippen LogP contribution in [0.3, 0.4) is 0 Å². The van der Waals surface area contributed by atoms with E-state index in [4.69, 9.17) is 37.9 Å². The van der Waals surface area contributed by atoms with Crippen LogP contribution in [-0.4, -0.2) is 281 Å². The largest absolute Gasteiger partial charge is 0.394 e. The van der Waals surface area contributed by atoms with Crippen LogP contribution in [0.4, 0.5) is 0 Å². The minimum absolute atomic E-state index is 0.0601. The predicted molar refractivity (Wildman–Crippen MR) is 210 cm³/mol. The van der Waals surface area contributed by atoms with Crippen LogP contribution in [0.2, 0.25) is 0 Å². The summed E-state index contributed by atoms with van der Waals surface area (Å²) in [4.78, 5) is 26.1. The van der Waals surface area contributed by atoms with E-state index in [9.17, 15) is 91.3 Å². The lowest BCUT2D eigenvalue weighted by Gasteiger charge is -2.41. The number of amides is 2. The van der Waals surface area contributed by atoms with Gasteiger partial charge in [-0.2, -0.15) is 0 Å². The fourth-order valence-corrected chi connectivity index (χ4v) is 7.45. The molecule has 0 aromatic carbocycles. The highest BCUT2D eigenvalue weighted by Gasteiger charge is 2.48. The molecule has 4 aliphatic heterocycles. The Hall–Kier alpha value is -2.02. The number of rotatable bonds is 25. The summed E-state index contributed by atoms with van der Waals surface area (Å²) in [7, 11) is 0. The quantitative estimate of drug-likeness (QED) is 0.0378. The Labute approximate surface area is 377 Å². The molecule has 0 bridgehead atoms. The van der Waals surface area contributed by atoms with Gasteiger partial charge < -0.3 is 130 Å². The average molecular weight is 969 g/mol. The zero-order valence-corrected chi connectivity index (χ0v) is 35.8. The van der Waals surface area contributed by atoms with E-state index in [1.165, 1.54) is 0 Å². The molecule has 2 amide bonds. The van der Waals surface area contributed by atoms with Crippen LogP contribution < -0.4 is 10.6 Å². The molecule has 4 fully saturated rings. The zero-order valence-electron chi connectivity index (χ0n) is 35.8. The van der Waals surface area contributed by atoms with Crippen molar-refractivity contribution in [1.29, 1.82) is 0 Å². The van der Waals surface area contributed by atoms with Crippen molar-refractivity contribution in [3.63, 3.8) is 0 Å². The molecule has 28 heteroatoms. The molecule has 386 valence electrons. The highest BCUT2D eigenvalue weighted by atomic mass is 16.7. The minimum atomic E-state index is -1.77. The van der Waals surface area contributed by atoms with Crippen molar-refractivity contribution in [1.82, 2.24) is 10.6 Å². The van der Waals surface area contributed by atoms with E-state index >= 15 is 0 Å². The third-order valence-electron chi connectivity index (χ3n) is 11.5. The number of nitrogens with one attached hydrogen (secondary N) is 2. The fraction of sp³-hybridized carbons (Fsp3) is 0.947. The summed E-state index contributed by atoms with van der Waals surface area (Å²) in [6, 6.07) is -2.16. The normalized spacial score (nSPS) is 39.8. The van der Waals surface area contributed by atoms with E-state index in [1.807, 2.05) is 0 Å². The summed E-state index contributed by atoms with van der Waals surface area (Å²) >= 11 is 0. The summed E-state index contributed by atoms with van der Waals surface area (Å²) < 4.78 is 43.7. The number of unbranched alkanes of at least 4 members (excludes halogenated alkanes) is 3. The molecule has 4 aliphatic rings. The van der Waals surface area contributed by atoms with E-state index in [0.717, 1.165) is 0 Å². The van der Waals surface area contributed by atoms with Gasteiger partial charge in [0, 0.05) is 12.8 Å². The molecule has 28 nitrogen and oxygen atoms in total. The lowest BCUT2D eigenvalue weighted by atomic mass is 9.99. The second-order valence-electron chi connectivity index (χ2n) is 16.6. The van der Waals surface area contributed by atoms with Gasteiger partial charge in [-0.3, -0.25) is 9.59 Å². The van der Waals surface area contributed by atoms with Crippen molar-refractivity contribution < 1.29 is 129 Å². The predicted octanol–water partition coefficient (Wildman–Crippen LogP) is -10.4. The van der Waals surface area contributed by atoms with Gasteiger partial charge in [0.05, 0.1) is 64.9 Å². The second kappa shape index (κ2) is 27.4. The molecule has 4 saturated heterocycles. The Kier molecular flexibility index (Phi) is 23.5. The van der Waals surface area contributed by atoms with Crippen LogP contribution in [-0.2, 0) is 47.5 Å². The van der Waals surface area contributed by atoms with Gasteiger partial charge in [-0.25, -0.2) is 0 Å². The monoisotopic (exact) mass is 968 g/mol. The van der Waals surface area contributed by atoms with Crippen molar-refractivity contribution >= 4 is 11.8 Å². The van der Waals surface area contributed by atoms with Crippen molar-refractivity contribution in [2.24, 2.45) is 0 Å². The Morgan fingerprint density at radius 3 is 0.803 bits per heavy atom. The molecule has 0 spiro atoms. The van der Waals surface area contributed by atoms with Crippen LogP contribution in [0.5, 0.6) is 0 Å². The molecule has 66 heavy (non-hydrogen) atoms. The number of aliphatic hydroxyl groups excluding tert-OH is 16. The number of hydrogen-bond acceptors (Lipinski definition) is 26. The molecular weight excluding hydrogens is 900 g/mol. The maximum absolute atomic E-state index is 13.1. The van der Waals surface area contributed by atoms with Crippen LogP contribution in [0.25, 0.3) is 0 Å². The summed E-state index contributed by atoms with van der Waals surface area (Å²) in [6.07, 6.45) is -30.9. The van der Waals surface area contributed by atoms with E-state index in [1.54, 1.807) is 0 Å². The Bertz CT molecular complexity index is 1240. The SMILES string of the molecule is O=C(CCCCCCC(=O)NC(CO[C@H]1O[C@H](CO)[C@@H](O)[C@H](O)[C@@H]1O)CO[C@H]1O[C@H](CO)[C@@H](O)[C@H](O)[C@@H]1O)NC(CO[C@H]1O[C@H](CO)[C@@H](O)[C@H](O)[C@@H]1O)CO[C@H]1O[C@H](CO)[C@@H](O)[C@H](O)[C@@H]1O. The van der Waals surface area contributed by atoms with Crippen LogP contribution >= 0.6 is 0 Å². The smallest absolute Gasteiger partial charge is 0.220 e. The van der Waals surface area contributed by atoms with Gasteiger partial charge in [-0.05, 0) is 12.8 Å². The molecule has 0 saturated carbocycles. The van der Waals surface area contributed by atoms with Crippen molar-refractivity contribution in [2.45, 2.75) is 173 Å². The summed E-state index contributed by atoms with van der Waals surface area (Å²) in [6.45, 7) is -4.81. The third-order valence-corrected chi connectivity index (χ3v) is 11.5. The minimum Gasteiger partial charge on any atom is -0.394 e. The molecule has 0 radical (unpaired) electrons. The standard InChI is InChI=1S/C38H68N2O26/c41-7-17-23(47)27(51)31(55)35(63-17)59-11-15(12-60-36-32(56)28(52)24(48)18(8-42)64-36)39-21(45)5-3-1-2-4-6-22(46)40-16(13-61-37-33(57)29(53)25(49)19(9-43)65-37)14-62-38-34(58)30(54)26(50)20(10-44)66-38/h15-20,23-38,41-44,47-58H,1-14H2,(H,39,45)(H,40,46)/t17-,18-,19-,20-,23-,24-,25-,26-,27+,28+,29+,30+,31+,32+,33+,34+,35+,36+,37+,38+/m1/s1. The first-order valence-electron chi connectivity index (χ1n) is 21.6. The summed E-state index contributed by atoms with van der Waals surface area (Å²) in [5, 5.41) is 166. The zero-order chi connectivity index (χ0) is 48.8. The average Bonchev–Trinajstić information content (AvgIpc) is 3.30. The van der Waals surface area contributed by atoms with Crippen molar-refractivity contribution in [3.05, 3.63) is 0 Å². The Balaban J connectivity index is 1.27. The molecule has 0 aliphatic carbocycles. The lowest BCUT2D eigenvalue weighted by Crippen LogP contribution is -2.60. The first kappa shape index (κ1) is 56.6. The van der Waals surface area contributed by atoms with Gasteiger partial charge in [-0.15, -0.1) is 0 Å². The topological polar surface area (TPSA) is 456 Å². The van der Waals surface area contributed by atoms with Gasteiger partial charge in [0.2, 0.25) is 11.8 Å². The molecular formula is C38H68N2O26. The highest BCUT2D eigenvalue weighted by Crippen LogP contribution is 2.26. The third kappa shape index (κ3) is 15.2. The molecule has 18 N–H and O–H groups in total. The van der Waals surface area contributed by atoms with Crippen LogP contribution in [0, 0.1) is 0 Å². The van der Waals surface area contributed by atoms with Gasteiger partial charge in [0.25, 0.3) is 0 Å². The number of carbonyl (C=O) groups is 2. The summed E-state index contributed by atoms with van der Waals surface area (Å²) in [5.74, 6) is -1.07. The summed E-state index contributed by atoms with van der Waals surface area (Å²) in [5.41, 5.74) is 0. The van der Waals surface area contributed by atoms with Gasteiger partial charge in [-0.1, -0.05) is 12.8 Å². The Morgan fingerprint density at radius 2 is 0.591 bits per heavy atom. The Morgan fingerprint density at radius 1 is 0.364 bits per heavy atom. The number of aliphatic hydroxyl groups is 16. The second-order valence-corrected chi connectivity index (χ2v) is 16.6. The van der Waals surface area contributed by atoms with E-state index in [-0.39, 0.29) is 12.8 Å². The maximum atomic E-state index is 13.1.